The standard InChI is InChI=1S/C26H30N2O7S/c1-18(19-10-15-24(34-4)25(16-19)35-5)27-26(29)17-28(22-8-6-7-9-23(22)33-3)36(30,31)21-13-11-20(32-2)12-14-21/h6-16,18H,17H2,1-5H3,(H,27,29)/t18-/m1/s1. The number of anilines is 1. The second-order valence-corrected chi connectivity index (χ2v) is 9.62. The molecule has 3 rings (SSSR count). The molecule has 1 amide bonds. The second-order valence-electron chi connectivity index (χ2n) is 7.76. The zero-order valence-electron chi connectivity index (χ0n) is 20.8. The molecule has 0 heterocycles. The fourth-order valence-corrected chi connectivity index (χ4v) is 5.06. The maximum Gasteiger partial charge on any atom is 0.264 e. The summed E-state index contributed by atoms with van der Waals surface area (Å²) in [5.74, 6) is 1.41. The van der Waals surface area contributed by atoms with Crippen LogP contribution in [0.2, 0.25) is 0 Å². The zero-order chi connectivity index (χ0) is 26.3. The van der Waals surface area contributed by atoms with Crippen molar-refractivity contribution in [3.8, 4) is 23.0 Å². The number of nitrogens with zero attached hydrogens (tertiary/aromatic N) is 1. The van der Waals surface area contributed by atoms with Gasteiger partial charge in [-0.15, -0.1) is 0 Å². The summed E-state index contributed by atoms with van der Waals surface area (Å²) in [6, 6.07) is 17.5. The summed E-state index contributed by atoms with van der Waals surface area (Å²) in [6.45, 7) is 1.33. The minimum Gasteiger partial charge on any atom is -0.497 e. The summed E-state index contributed by atoms with van der Waals surface area (Å²) in [6.07, 6.45) is 0. The molecule has 0 aliphatic carbocycles. The van der Waals surface area contributed by atoms with Crippen molar-refractivity contribution in [1.82, 2.24) is 5.32 Å². The van der Waals surface area contributed by atoms with Crippen molar-refractivity contribution in [1.29, 1.82) is 0 Å². The van der Waals surface area contributed by atoms with Gasteiger partial charge in [0.1, 0.15) is 18.0 Å². The van der Waals surface area contributed by atoms with E-state index < -0.39 is 28.5 Å². The molecule has 3 aromatic carbocycles. The number of carbonyl (C=O) groups is 1. The van der Waals surface area contributed by atoms with Gasteiger partial charge in [-0.1, -0.05) is 18.2 Å². The monoisotopic (exact) mass is 514 g/mol. The first-order valence-corrected chi connectivity index (χ1v) is 12.5. The van der Waals surface area contributed by atoms with Gasteiger partial charge < -0.3 is 24.3 Å². The molecule has 0 aliphatic heterocycles. The fraction of sp³-hybridized carbons (Fsp3) is 0.269. The molecule has 0 unspecified atom stereocenters. The van der Waals surface area contributed by atoms with Gasteiger partial charge in [0, 0.05) is 0 Å². The Kier molecular flexibility index (Phi) is 8.65. The molecule has 3 aromatic rings. The Balaban J connectivity index is 1.92. The molecule has 10 heteroatoms. The number of benzene rings is 3. The predicted octanol–water partition coefficient (Wildman–Crippen LogP) is 3.79. The van der Waals surface area contributed by atoms with Crippen molar-refractivity contribution >= 4 is 21.6 Å². The van der Waals surface area contributed by atoms with E-state index in [9.17, 15) is 13.2 Å². The van der Waals surface area contributed by atoms with Crippen LogP contribution in [-0.2, 0) is 14.8 Å². The van der Waals surface area contributed by atoms with Crippen molar-refractivity contribution < 1.29 is 32.2 Å². The molecule has 1 N–H and O–H groups in total. The van der Waals surface area contributed by atoms with Gasteiger partial charge >= 0.3 is 0 Å². The van der Waals surface area contributed by atoms with Crippen LogP contribution in [0, 0.1) is 0 Å². The number of carbonyl (C=O) groups excluding carboxylic acids is 1. The van der Waals surface area contributed by atoms with E-state index in [0.29, 0.717) is 23.0 Å². The second kappa shape index (κ2) is 11.7. The lowest BCUT2D eigenvalue weighted by Crippen LogP contribution is -2.41. The number of para-hydroxylation sites is 2. The van der Waals surface area contributed by atoms with Crippen LogP contribution in [0.25, 0.3) is 0 Å². The molecule has 0 radical (unpaired) electrons. The molecule has 1 atom stereocenters. The third-order valence-corrected chi connectivity index (χ3v) is 7.35. The largest absolute Gasteiger partial charge is 0.497 e. The van der Waals surface area contributed by atoms with Gasteiger partial charge in [-0.2, -0.15) is 0 Å². The van der Waals surface area contributed by atoms with Crippen LogP contribution < -0.4 is 28.6 Å². The van der Waals surface area contributed by atoms with Crippen LogP contribution in [0.15, 0.2) is 71.6 Å². The Bertz CT molecular complexity index is 1290. The van der Waals surface area contributed by atoms with Gasteiger partial charge in [0.2, 0.25) is 5.91 Å². The van der Waals surface area contributed by atoms with Crippen molar-refractivity contribution in [3.05, 3.63) is 72.3 Å². The van der Waals surface area contributed by atoms with E-state index in [4.69, 9.17) is 18.9 Å². The van der Waals surface area contributed by atoms with Gasteiger partial charge in [-0.05, 0) is 61.0 Å². The lowest BCUT2D eigenvalue weighted by atomic mass is 10.1. The number of ether oxygens (including phenoxy) is 4. The van der Waals surface area contributed by atoms with Crippen molar-refractivity contribution in [2.45, 2.75) is 17.9 Å². The first-order chi connectivity index (χ1) is 17.2. The normalized spacial score (nSPS) is 11.8. The highest BCUT2D eigenvalue weighted by Gasteiger charge is 2.30. The Morgan fingerprint density at radius 3 is 2.08 bits per heavy atom. The Labute approximate surface area is 211 Å². The van der Waals surface area contributed by atoms with Crippen LogP contribution in [0.5, 0.6) is 23.0 Å². The van der Waals surface area contributed by atoms with Crippen LogP contribution in [0.3, 0.4) is 0 Å². The van der Waals surface area contributed by atoms with E-state index in [2.05, 4.69) is 5.32 Å². The minimum absolute atomic E-state index is 0.00921. The number of nitrogens with one attached hydrogen (secondary N) is 1. The van der Waals surface area contributed by atoms with Gasteiger partial charge in [0.15, 0.2) is 11.5 Å². The highest BCUT2D eigenvalue weighted by Crippen LogP contribution is 2.33. The van der Waals surface area contributed by atoms with Crippen LogP contribution >= 0.6 is 0 Å². The zero-order valence-corrected chi connectivity index (χ0v) is 21.7. The van der Waals surface area contributed by atoms with Gasteiger partial charge in [0.25, 0.3) is 10.0 Å². The summed E-state index contributed by atoms with van der Waals surface area (Å²) in [5, 5.41) is 2.86. The average Bonchev–Trinajstić information content (AvgIpc) is 2.91. The van der Waals surface area contributed by atoms with E-state index in [-0.39, 0.29) is 10.6 Å². The third-order valence-electron chi connectivity index (χ3n) is 5.57. The molecule has 192 valence electrons. The van der Waals surface area contributed by atoms with Gasteiger partial charge in [-0.25, -0.2) is 8.42 Å². The maximum atomic E-state index is 13.7. The van der Waals surface area contributed by atoms with Crippen LogP contribution in [0.1, 0.15) is 18.5 Å². The summed E-state index contributed by atoms with van der Waals surface area (Å²) in [7, 11) is 1.88. The fourth-order valence-electron chi connectivity index (χ4n) is 3.63. The summed E-state index contributed by atoms with van der Waals surface area (Å²) in [5.41, 5.74) is 1.01. The van der Waals surface area contributed by atoms with Crippen LogP contribution in [-0.4, -0.2) is 49.3 Å². The highest BCUT2D eigenvalue weighted by atomic mass is 32.2. The number of hydrogen-bond donors (Lipinski definition) is 1. The Morgan fingerprint density at radius 1 is 0.833 bits per heavy atom. The number of rotatable bonds is 11. The first-order valence-electron chi connectivity index (χ1n) is 11.1. The smallest absolute Gasteiger partial charge is 0.264 e. The number of methoxy groups -OCH3 is 4. The quantitative estimate of drug-likeness (QED) is 0.415. The Hall–Kier alpha value is -3.92. The first kappa shape index (κ1) is 26.7. The molecule has 0 saturated heterocycles. The summed E-state index contributed by atoms with van der Waals surface area (Å²) >= 11 is 0. The highest BCUT2D eigenvalue weighted by molar-refractivity contribution is 7.92. The van der Waals surface area contributed by atoms with Gasteiger partial charge in [0.05, 0.1) is 45.1 Å². The molecular formula is C26H30N2O7S. The molecule has 0 spiro atoms. The van der Waals surface area contributed by atoms with Crippen LogP contribution in [0.4, 0.5) is 5.69 Å². The van der Waals surface area contributed by atoms with Gasteiger partial charge in [-0.3, -0.25) is 9.10 Å². The van der Waals surface area contributed by atoms with Crippen molar-refractivity contribution in [2.75, 3.05) is 39.3 Å². The molecular weight excluding hydrogens is 484 g/mol. The minimum atomic E-state index is -4.13. The van der Waals surface area contributed by atoms with E-state index in [1.165, 1.54) is 33.5 Å². The molecule has 36 heavy (non-hydrogen) atoms. The molecule has 9 nitrogen and oxygen atoms in total. The number of hydrogen-bond acceptors (Lipinski definition) is 7. The molecule has 0 fully saturated rings. The lowest BCUT2D eigenvalue weighted by Gasteiger charge is -2.26. The van der Waals surface area contributed by atoms with E-state index in [0.717, 1.165) is 9.87 Å². The molecule has 0 aliphatic rings. The number of amides is 1. The predicted molar refractivity (Wildman–Crippen MR) is 137 cm³/mol. The average molecular weight is 515 g/mol. The third kappa shape index (κ3) is 5.83. The van der Waals surface area contributed by atoms with E-state index in [1.54, 1.807) is 68.6 Å². The maximum absolute atomic E-state index is 13.7. The molecule has 0 saturated carbocycles. The summed E-state index contributed by atoms with van der Waals surface area (Å²) in [4.78, 5) is 13.1. The number of sulfonamides is 1. The molecule has 0 aromatic heterocycles. The van der Waals surface area contributed by atoms with E-state index in [1.807, 2.05) is 0 Å². The topological polar surface area (TPSA) is 103 Å². The van der Waals surface area contributed by atoms with Crippen molar-refractivity contribution in [3.63, 3.8) is 0 Å². The van der Waals surface area contributed by atoms with E-state index >= 15 is 0 Å². The SMILES string of the molecule is COc1ccc(S(=O)(=O)N(CC(=O)N[C@H](C)c2ccc(OC)c(OC)c2)c2ccccc2OC)cc1. The molecule has 0 bridgehead atoms. The Morgan fingerprint density at radius 2 is 1.47 bits per heavy atom. The lowest BCUT2D eigenvalue weighted by molar-refractivity contribution is -0.120. The summed E-state index contributed by atoms with van der Waals surface area (Å²) < 4.78 is 49.5. The van der Waals surface area contributed by atoms with Crippen molar-refractivity contribution in [2.24, 2.45) is 0 Å².